The fraction of sp³-hybridized carbons (Fsp3) is 0.500. The highest BCUT2D eigenvalue weighted by atomic mass is 35.5. The highest BCUT2D eigenvalue weighted by molar-refractivity contribution is 6.31. The monoisotopic (exact) mass is 375 g/mol. The summed E-state index contributed by atoms with van der Waals surface area (Å²) in [7, 11) is 1.52. The lowest BCUT2D eigenvalue weighted by atomic mass is 9.98. The van der Waals surface area contributed by atoms with E-state index in [1.807, 2.05) is 0 Å². The third kappa shape index (κ3) is 5.26. The molecule has 0 saturated heterocycles. The highest BCUT2D eigenvalue weighted by Gasteiger charge is 2.36. The van der Waals surface area contributed by atoms with Crippen molar-refractivity contribution in [2.24, 2.45) is 5.73 Å². The number of hydrogen-bond donors (Lipinski definition) is 3. The van der Waals surface area contributed by atoms with Crippen LogP contribution in [-0.4, -0.2) is 31.0 Å². The van der Waals surface area contributed by atoms with Crippen LogP contribution in [0.1, 0.15) is 32.1 Å². The molecule has 1 saturated carbocycles. The molecule has 1 aromatic carbocycles. The van der Waals surface area contributed by atoms with Crippen LogP contribution in [0.25, 0.3) is 0 Å². The molecule has 8 heteroatoms. The summed E-state index contributed by atoms with van der Waals surface area (Å²) < 4.78 is 5.17. The quantitative estimate of drug-likeness (QED) is 0.711. The SMILES string of the molecule is COc1ccc(Cl)cc1NC(=O)CCNC(=O)C1(N)CCCC1.Cl. The Morgan fingerprint density at radius 3 is 2.62 bits per heavy atom. The zero-order valence-corrected chi connectivity index (χ0v) is 15.1. The van der Waals surface area contributed by atoms with Gasteiger partial charge in [0.2, 0.25) is 11.8 Å². The van der Waals surface area contributed by atoms with Gasteiger partial charge in [0.1, 0.15) is 5.75 Å². The van der Waals surface area contributed by atoms with Gasteiger partial charge in [-0.2, -0.15) is 0 Å². The number of amides is 2. The number of methoxy groups -OCH3 is 1. The Bertz CT molecular complexity index is 590. The molecule has 0 unspecified atom stereocenters. The van der Waals surface area contributed by atoms with Crippen molar-refractivity contribution in [3.63, 3.8) is 0 Å². The number of carbonyl (C=O) groups is 2. The lowest BCUT2D eigenvalue weighted by Gasteiger charge is -2.22. The molecule has 134 valence electrons. The van der Waals surface area contributed by atoms with E-state index in [1.54, 1.807) is 18.2 Å². The number of halogens is 2. The van der Waals surface area contributed by atoms with Crippen LogP contribution in [0.5, 0.6) is 5.75 Å². The molecule has 1 aromatic rings. The summed E-state index contributed by atoms with van der Waals surface area (Å²) >= 11 is 5.91. The molecule has 0 heterocycles. The molecule has 0 atom stereocenters. The van der Waals surface area contributed by atoms with Gasteiger partial charge in [-0.25, -0.2) is 0 Å². The minimum absolute atomic E-state index is 0. The summed E-state index contributed by atoms with van der Waals surface area (Å²) in [6.45, 7) is 0.243. The molecule has 2 rings (SSSR count). The van der Waals surface area contributed by atoms with Crippen LogP contribution in [0.2, 0.25) is 5.02 Å². The van der Waals surface area contributed by atoms with E-state index < -0.39 is 5.54 Å². The van der Waals surface area contributed by atoms with Crippen molar-refractivity contribution in [1.82, 2.24) is 5.32 Å². The van der Waals surface area contributed by atoms with Crippen LogP contribution >= 0.6 is 24.0 Å². The van der Waals surface area contributed by atoms with Crippen LogP contribution in [0.3, 0.4) is 0 Å². The molecule has 6 nitrogen and oxygen atoms in total. The first kappa shape index (κ1) is 20.5. The van der Waals surface area contributed by atoms with Gasteiger partial charge in [0.05, 0.1) is 18.3 Å². The molecule has 0 bridgehead atoms. The maximum Gasteiger partial charge on any atom is 0.240 e. The van der Waals surface area contributed by atoms with Gasteiger partial charge in [0.15, 0.2) is 0 Å². The number of nitrogens with two attached hydrogens (primary N) is 1. The third-order valence-corrected chi connectivity index (χ3v) is 4.26. The second-order valence-corrected chi connectivity index (χ2v) is 6.20. The number of hydrogen-bond acceptors (Lipinski definition) is 4. The summed E-state index contributed by atoms with van der Waals surface area (Å²) in [6.07, 6.45) is 3.49. The molecular weight excluding hydrogens is 353 g/mol. The van der Waals surface area contributed by atoms with Crippen molar-refractivity contribution >= 4 is 41.5 Å². The average Bonchev–Trinajstić information content (AvgIpc) is 2.95. The molecule has 0 spiro atoms. The van der Waals surface area contributed by atoms with Gasteiger partial charge in [-0.1, -0.05) is 24.4 Å². The van der Waals surface area contributed by atoms with E-state index in [1.165, 1.54) is 7.11 Å². The molecule has 0 radical (unpaired) electrons. The van der Waals surface area contributed by atoms with Crippen molar-refractivity contribution in [3.05, 3.63) is 23.2 Å². The van der Waals surface area contributed by atoms with E-state index in [2.05, 4.69) is 10.6 Å². The first-order valence-corrected chi connectivity index (χ1v) is 8.03. The second kappa shape index (κ2) is 9.11. The summed E-state index contributed by atoms with van der Waals surface area (Å²) in [6, 6.07) is 4.97. The van der Waals surface area contributed by atoms with Crippen LogP contribution in [0.15, 0.2) is 18.2 Å². The molecule has 1 fully saturated rings. The third-order valence-electron chi connectivity index (χ3n) is 4.02. The van der Waals surface area contributed by atoms with Crippen molar-refractivity contribution in [2.75, 3.05) is 19.0 Å². The largest absolute Gasteiger partial charge is 0.495 e. The number of benzene rings is 1. The molecule has 1 aliphatic carbocycles. The van der Waals surface area contributed by atoms with Crippen molar-refractivity contribution in [1.29, 1.82) is 0 Å². The Kier molecular flexibility index (Phi) is 7.79. The van der Waals surface area contributed by atoms with Gasteiger partial charge in [0, 0.05) is 18.0 Å². The van der Waals surface area contributed by atoms with Crippen molar-refractivity contribution in [2.45, 2.75) is 37.6 Å². The maximum atomic E-state index is 12.0. The number of ether oxygens (including phenoxy) is 1. The van der Waals surface area contributed by atoms with Gasteiger partial charge in [-0.3, -0.25) is 9.59 Å². The Hall–Kier alpha value is -1.50. The molecule has 4 N–H and O–H groups in total. The Morgan fingerprint density at radius 2 is 2.00 bits per heavy atom. The molecule has 24 heavy (non-hydrogen) atoms. The fourth-order valence-corrected chi connectivity index (χ4v) is 2.86. The number of anilines is 1. The summed E-state index contributed by atoms with van der Waals surface area (Å²) in [5.41, 5.74) is 5.78. The van der Waals surface area contributed by atoms with Gasteiger partial charge in [-0.05, 0) is 31.0 Å². The Morgan fingerprint density at radius 1 is 1.33 bits per heavy atom. The zero-order chi connectivity index (χ0) is 16.9. The predicted octanol–water partition coefficient (Wildman–Crippen LogP) is 2.49. The van der Waals surface area contributed by atoms with E-state index in [0.717, 1.165) is 12.8 Å². The van der Waals surface area contributed by atoms with E-state index >= 15 is 0 Å². The van der Waals surface area contributed by atoms with E-state index in [0.29, 0.717) is 29.3 Å². The van der Waals surface area contributed by atoms with E-state index in [4.69, 9.17) is 22.1 Å². The molecule has 0 aliphatic heterocycles. The standard InChI is InChI=1S/C16H22ClN3O3.ClH/c1-23-13-5-4-11(17)10-12(13)20-14(21)6-9-19-15(22)16(18)7-2-3-8-16;/h4-5,10H,2-3,6-9,18H2,1H3,(H,19,22)(H,20,21);1H. The summed E-state index contributed by atoms with van der Waals surface area (Å²) in [4.78, 5) is 24.0. The van der Waals surface area contributed by atoms with Crippen LogP contribution in [0, 0.1) is 0 Å². The smallest absolute Gasteiger partial charge is 0.240 e. The van der Waals surface area contributed by atoms with Crippen LogP contribution in [-0.2, 0) is 9.59 Å². The molecule has 0 aromatic heterocycles. The van der Waals surface area contributed by atoms with Gasteiger partial charge < -0.3 is 21.1 Å². The van der Waals surface area contributed by atoms with Crippen LogP contribution in [0.4, 0.5) is 5.69 Å². The van der Waals surface area contributed by atoms with Gasteiger partial charge >= 0.3 is 0 Å². The summed E-state index contributed by atoms with van der Waals surface area (Å²) in [5.74, 6) is 0.116. The second-order valence-electron chi connectivity index (χ2n) is 5.76. The normalized spacial score (nSPS) is 15.3. The highest BCUT2D eigenvalue weighted by Crippen LogP contribution is 2.28. The van der Waals surface area contributed by atoms with Gasteiger partial charge in [0.25, 0.3) is 0 Å². The van der Waals surface area contributed by atoms with Crippen molar-refractivity contribution in [3.8, 4) is 5.75 Å². The summed E-state index contributed by atoms with van der Waals surface area (Å²) in [5, 5.41) is 5.96. The van der Waals surface area contributed by atoms with E-state index in [-0.39, 0.29) is 37.2 Å². The molecule has 2 amide bonds. The molecule has 1 aliphatic rings. The Balaban J connectivity index is 0.00000288. The number of carbonyl (C=O) groups excluding carboxylic acids is 2. The van der Waals surface area contributed by atoms with Crippen molar-refractivity contribution < 1.29 is 14.3 Å². The first-order valence-electron chi connectivity index (χ1n) is 7.65. The Labute approximate surface area is 152 Å². The zero-order valence-electron chi connectivity index (χ0n) is 13.6. The topological polar surface area (TPSA) is 93.5 Å². The number of rotatable bonds is 6. The fourth-order valence-electron chi connectivity index (χ4n) is 2.69. The molecular formula is C16H23Cl2N3O3. The first-order chi connectivity index (χ1) is 10.9. The average molecular weight is 376 g/mol. The minimum Gasteiger partial charge on any atom is -0.495 e. The predicted molar refractivity (Wildman–Crippen MR) is 96.9 cm³/mol. The lowest BCUT2D eigenvalue weighted by molar-refractivity contribution is -0.126. The van der Waals surface area contributed by atoms with Gasteiger partial charge in [-0.15, -0.1) is 12.4 Å². The minimum atomic E-state index is -0.771. The van der Waals surface area contributed by atoms with E-state index in [9.17, 15) is 9.59 Å². The maximum absolute atomic E-state index is 12.0. The lowest BCUT2D eigenvalue weighted by Crippen LogP contribution is -2.52. The number of nitrogens with one attached hydrogen (secondary N) is 2. The van der Waals surface area contributed by atoms with Crippen LogP contribution < -0.4 is 21.1 Å².